The summed E-state index contributed by atoms with van der Waals surface area (Å²) in [6.45, 7) is 4.18. The summed E-state index contributed by atoms with van der Waals surface area (Å²) in [5, 5.41) is 3.18. The van der Waals surface area contributed by atoms with Gasteiger partial charge < -0.3 is 5.32 Å². The number of aromatic nitrogens is 1. The Morgan fingerprint density at radius 2 is 2.40 bits per heavy atom. The molecule has 10 heavy (non-hydrogen) atoms. The first-order valence-corrected chi connectivity index (χ1v) is 4.21. The Labute approximate surface area is 65.3 Å². The zero-order valence-electron chi connectivity index (χ0n) is 6.51. The molecule has 56 valence electrons. The zero-order valence-corrected chi connectivity index (χ0v) is 7.33. The minimum atomic E-state index is 0.437. The van der Waals surface area contributed by atoms with Gasteiger partial charge in [-0.1, -0.05) is 0 Å². The Bertz CT molecular complexity index is 207. The van der Waals surface area contributed by atoms with Crippen LogP contribution in [0.1, 0.15) is 23.5 Å². The van der Waals surface area contributed by atoms with Crippen LogP contribution in [0.15, 0.2) is 5.51 Å². The molecule has 0 aliphatic carbocycles. The van der Waals surface area contributed by atoms with Crippen molar-refractivity contribution in [1.82, 2.24) is 10.3 Å². The highest BCUT2D eigenvalue weighted by Crippen LogP contribution is 2.19. The van der Waals surface area contributed by atoms with Gasteiger partial charge in [-0.2, -0.15) is 0 Å². The molecule has 2 nitrogen and oxygen atoms in total. The third-order valence-corrected chi connectivity index (χ3v) is 2.72. The molecule has 0 aliphatic heterocycles. The van der Waals surface area contributed by atoms with Gasteiger partial charge in [0.2, 0.25) is 0 Å². The van der Waals surface area contributed by atoms with E-state index in [1.54, 1.807) is 11.3 Å². The lowest BCUT2D eigenvalue weighted by Gasteiger charge is -2.06. The molecule has 0 saturated heterocycles. The first kappa shape index (κ1) is 7.69. The predicted octanol–water partition coefficient (Wildman–Crippen LogP) is 1.73. The monoisotopic (exact) mass is 156 g/mol. The summed E-state index contributed by atoms with van der Waals surface area (Å²) in [6, 6.07) is 0.437. The summed E-state index contributed by atoms with van der Waals surface area (Å²) >= 11 is 1.71. The first-order valence-electron chi connectivity index (χ1n) is 3.33. The van der Waals surface area contributed by atoms with Crippen LogP contribution in [0.3, 0.4) is 0 Å². The van der Waals surface area contributed by atoms with Gasteiger partial charge in [-0.15, -0.1) is 11.3 Å². The molecule has 0 aliphatic rings. The molecule has 1 aromatic rings. The van der Waals surface area contributed by atoms with Crippen LogP contribution in [0.25, 0.3) is 0 Å². The van der Waals surface area contributed by atoms with Crippen molar-refractivity contribution in [2.24, 2.45) is 0 Å². The van der Waals surface area contributed by atoms with Gasteiger partial charge in [0.15, 0.2) is 0 Å². The normalized spacial score (nSPS) is 13.5. The average Bonchev–Trinajstić information content (AvgIpc) is 2.34. The van der Waals surface area contributed by atoms with Crippen molar-refractivity contribution >= 4 is 11.3 Å². The highest BCUT2D eigenvalue weighted by molar-refractivity contribution is 7.09. The van der Waals surface area contributed by atoms with Crippen LogP contribution in [-0.4, -0.2) is 12.0 Å². The van der Waals surface area contributed by atoms with Crippen LogP contribution in [0.5, 0.6) is 0 Å². The van der Waals surface area contributed by atoms with Gasteiger partial charge in [-0.3, -0.25) is 0 Å². The fourth-order valence-corrected chi connectivity index (χ4v) is 1.73. The van der Waals surface area contributed by atoms with Crippen LogP contribution in [0.2, 0.25) is 0 Å². The van der Waals surface area contributed by atoms with Crippen LogP contribution in [0, 0.1) is 6.92 Å². The fourth-order valence-electron chi connectivity index (χ4n) is 0.858. The number of aryl methyl sites for hydroxylation is 1. The minimum Gasteiger partial charge on any atom is -0.312 e. The van der Waals surface area contributed by atoms with Crippen LogP contribution < -0.4 is 5.32 Å². The van der Waals surface area contributed by atoms with Crippen molar-refractivity contribution in [3.05, 3.63) is 16.1 Å². The maximum atomic E-state index is 4.16. The Morgan fingerprint density at radius 3 is 2.80 bits per heavy atom. The average molecular weight is 156 g/mol. The van der Waals surface area contributed by atoms with E-state index >= 15 is 0 Å². The molecule has 0 fully saturated rings. The van der Waals surface area contributed by atoms with Crippen LogP contribution in [-0.2, 0) is 0 Å². The second-order valence-electron chi connectivity index (χ2n) is 2.31. The smallest absolute Gasteiger partial charge is 0.0798 e. The van der Waals surface area contributed by atoms with Gasteiger partial charge in [0.05, 0.1) is 11.2 Å². The van der Waals surface area contributed by atoms with Crippen molar-refractivity contribution in [2.45, 2.75) is 19.9 Å². The lowest BCUT2D eigenvalue weighted by Crippen LogP contribution is -2.11. The van der Waals surface area contributed by atoms with Gasteiger partial charge in [0, 0.05) is 10.9 Å². The SMILES string of the molecule is CNC(C)c1scnc1C. The zero-order chi connectivity index (χ0) is 7.56. The summed E-state index contributed by atoms with van der Waals surface area (Å²) < 4.78 is 0. The number of hydrogen-bond donors (Lipinski definition) is 1. The Hall–Kier alpha value is -0.410. The molecule has 0 radical (unpaired) electrons. The third kappa shape index (κ3) is 1.36. The van der Waals surface area contributed by atoms with Gasteiger partial charge in [-0.25, -0.2) is 4.98 Å². The van der Waals surface area contributed by atoms with Gasteiger partial charge in [-0.05, 0) is 20.9 Å². The predicted molar refractivity (Wildman–Crippen MR) is 44.3 cm³/mol. The molecule has 1 N–H and O–H groups in total. The minimum absolute atomic E-state index is 0.437. The second-order valence-corrected chi connectivity index (χ2v) is 3.20. The maximum absolute atomic E-state index is 4.16. The van der Waals surface area contributed by atoms with E-state index in [0.717, 1.165) is 5.69 Å². The first-order chi connectivity index (χ1) is 4.75. The van der Waals surface area contributed by atoms with Gasteiger partial charge in [0.1, 0.15) is 0 Å². The molecule has 1 heterocycles. The van der Waals surface area contributed by atoms with Crippen molar-refractivity contribution in [3.63, 3.8) is 0 Å². The standard InChI is InChI=1S/C7H12N2S/c1-5(8-3)7-6(2)9-4-10-7/h4-5,8H,1-3H3. The van der Waals surface area contributed by atoms with E-state index in [0.29, 0.717) is 6.04 Å². The van der Waals surface area contributed by atoms with E-state index in [9.17, 15) is 0 Å². The van der Waals surface area contributed by atoms with E-state index in [2.05, 4.69) is 17.2 Å². The van der Waals surface area contributed by atoms with E-state index in [1.165, 1.54) is 4.88 Å². The fraction of sp³-hybridized carbons (Fsp3) is 0.571. The molecule has 0 saturated carbocycles. The van der Waals surface area contributed by atoms with E-state index in [4.69, 9.17) is 0 Å². The molecule has 1 atom stereocenters. The van der Waals surface area contributed by atoms with Crippen molar-refractivity contribution in [1.29, 1.82) is 0 Å². The van der Waals surface area contributed by atoms with Crippen molar-refractivity contribution in [3.8, 4) is 0 Å². The second kappa shape index (κ2) is 3.12. The number of thiazole rings is 1. The summed E-state index contributed by atoms with van der Waals surface area (Å²) in [7, 11) is 1.96. The number of nitrogens with one attached hydrogen (secondary N) is 1. The molecule has 0 aromatic carbocycles. The van der Waals surface area contributed by atoms with Crippen molar-refractivity contribution in [2.75, 3.05) is 7.05 Å². The van der Waals surface area contributed by atoms with E-state index < -0.39 is 0 Å². The lowest BCUT2D eigenvalue weighted by molar-refractivity contribution is 0.658. The molecule has 1 aromatic heterocycles. The Balaban J connectivity index is 2.82. The summed E-state index contributed by atoms with van der Waals surface area (Å²) in [5.41, 5.74) is 3.03. The summed E-state index contributed by atoms with van der Waals surface area (Å²) in [6.07, 6.45) is 0. The summed E-state index contributed by atoms with van der Waals surface area (Å²) in [5.74, 6) is 0. The van der Waals surface area contributed by atoms with Crippen LogP contribution in [0.4, 0.5) is 0 Å². The molecule has 1 rings (SSSR count). The van der Waals surface area contributed by atoms with Crippen LogP contribution >= 0.6 is 11.3 Å². The largest absolute Gasteiger partial charge is 0.312 e. The van der Waals surface area contributed by atoms with Gasteiger partial charge >= 0.3 is 0 Å². The molecular weight excluding hydrogens is 144 g/mol. The highest BCUT2D eigenvalue weighted by atomic mass is 32.1. The third-order valence-electron chi connectivity index (χ3n) is 1.61. The lowest BCUT2D eigenvalue weighted by atomic mass is 10.2. The molecule has 1 unspecified atom stereocenters. The van der Waals surface area contributed by atoms with E-state index in [-0.39, 0.29) is 0 Å². The van der Waals surface area contributed by atoms with Crippen molar-refractivity contribution < 1.29 is 0 Å². The topological polar surface area (TPSA) is 24.9 Å². The Morgan fingerprint density at radius 1 is 1.70 bits per heavy atom. The van der Waals surface area contributed by atoms with E-state index in [1.807, 2.05) is 19.5 Å². The molecule has 0 amide bonds. The molecule has 0 bridgehead atoms. The number of hydrogen-bond acceptors (Lipinski definition) is 3. The number of nitrogens with zero attached hydrogens (tertiary/aromatic N) is 1. The Kier molecular flexibility index (Phi) is 2.40. The maximum Gasteiger partial charge on any atom is 0.0798 e. The summed E-state index contributed by atoms with van der Waals surface area (Å²) in [4.78, 5) is 5.50. The molecule has 0 spiro atoms. The highest BCUT2D eigenvalue weighted by Gasteiger charge is 2.06. The van der Waals surface area contributed by atoms with Gasteiger partial charge in [0.25, 0.3) is 0 Å². The quantitative estimate of drug-likeness (QED) is 0.705. The molecular formula is C7H12N2S. The molecule has 3 heteroatoms. The number of rotatable bonds is 2.